The van der Waals surface area contributed by atoms with Crippen LogP contribution in [0.1, 0.15) is 30.9 Å². The lowest BCUT2D eigenvalue weighted by Crippen LogP contribution is -2.51. The molecule has 7 nitrogen and oxygen atoms in total. The van der Waals surface area contributed by atoms with Crippen LogP contribution in [-0.4, -0.2) is 65.2 Å². The number of benzene rings is 2. The predicted molar refractivity (Wildman–Crippen MR) is 122 cm³/mol. The Morgan fingerprint density at radius 2 is 1.59 bits per heavy atom. The van der Waals surface area contributed by atoms with Gasteiger partial charge in [-0.05, 0) is 24.5 Å². The molecule has 174 valence electrons. The molecule has 1 amide bonds. The van der Waals surface area contributed by atoms with Crippen molar-refractivity contribution in [2.45, 2.75) is 51.0 Å². The number of hydrogen-bond donors (Lipinski definition) is 3. The van der Waals surface area contributed by atoms with Crippen LogP contribution < -0.4 is 5.32 Å². The van der Waals surface area contributed by atoms with Crippen LogP contribution in [0.5, 0.6) is 0 Å². The van der Waals surface area contributed by atoms with Crippen LogP contribution in [0, 0.1) is 0 Å². The molecule has 0 saturated carbocycles. The Morgan fingerprint density at radius 1 is 1.03 bits per heavy atom. The van der Waals surface area contributed by atoms with Gasteiger partial charge in [0.2, 0.25) is 0 Å². The highest BCUT2D eigenvalue weighted by Gasteiger charge is 2.36. The Balaban J connectivity index is 1.65. The molecule has 0 aliphatic carbocycles. The topological polar surface area (TPSA) is 91.3 Å². The number of aliphatic hydroxyl groups is 2. The number of aliphatic hydroxyl groups excluding tert-OH is 1. The first-order valence-corrected chi connectivity index (χ1v) is 11.2. The van der Waals surface area contributed by atoms with Gasteiger partial charge in [0.05, 0.1) is 13.2 Å². The molecule has 7 heteroatoms. The standard InChI is InChI=1S/C25H34N2O5/c1-20(28)25(30,32-19-22-10-6-3-7-11-22)13-12-23(24(29)27-16-14-26-15-17-27)31-18-21-8-4-2-5-9-21/h2-11,20,23,26,28,30H,12-19H2,1H3/t20?,23-,25?/m1/s1. The summed E-state index contributed by atoms with van der Waals surface area (Å²) in [7, 11) is 0. The zero-order valence-electron chi connectivity index (χ0n) is 18.7. The van der Waals surface area contributed by atoms with E-state index in [0.717, 1.165) is 24.2 Å². The monoisotopic (exact) mass is 442 g/mol. The van der Waals surface area contributed by atoms with Gasteiger partial charge in [-0.2, -0.15) is 0 Å². The van der Waals surface area contributed by atoms with Crippen molar-refractivity contribution >= 4 is 5.91 Å². The fourth-order valence-electron chi connectivity index (χ4n) is 3.66. The first-order valence-electron chi connectivity index (χ1n) is 11.2. The smallest absolute Gasteiger partial charge is 0.251 e. The molecule has 0 aromatic heterocycles. The van der Waals surface area contributed by atoms with Crippen LogP contribution in [0.3, 0.4) is 0 Å². The second kappa shape index (κ2) is 12.1. The molecule has 1 saturated heterocycles. The molecule has 2 unspecified atom stereocenters. The number of carbonyl (C=O) groups excluding carboxylic acids is 1. The molecule has 3 atom stereocenters. The van der Waals surface area contributed by atoms with Gasteiger partial charge in [0, 0.05) is 32.6 Å². The van der Waals surface area contributed by atoms with E-state index in [-0.39, 0.29) is 25.4 Å². The van der Waals surface area contributed by atoms with Crippen LogP contribution in [0.4, 0.5) is 0 Å². The van der Waals surface area contributed by atoms with E-state index in [1.165, 1.54) is 6.92 Å². The summed E-state index contributed by atoms with van der Waals surface area (Å²) in [6, 6.07) is 19.1. The van der Waals surface area contributed by atoms with Crippen LogP contribution in [-0.2, 0) is 27.5 Å². The Labute approximate surface area is 190 Å². The van der Waals surface area contributed by atoms with E-state index in [9.17, 15) is 15.0 Å². The molecule has 1 heterocycles. The summed E-state index contributed by atoms with van der Waals surface area (Å²) in [4.78, 5) is 15.0. The number of rotatable bonds is 11. The highest BCUT2D eigenvalue weighted by molar-refractivity contribution is 5.81. The molecule has 32 heavy (non-hydrogen) atoms. The van der Waals surface area contributed by atoms with Crippen LogP contribution in [0.15, 0.2) is 60.7 Å². The van der Waals surface area contributed by atoms with Crippen molar-refractivity contribution in [3.8, 4) is 0 Å². The van der Waals surface area contributed by atoms with E-state index in [2.05, 4.69) is 5.32 Å². The van der Waals surface area contributed by atoms with Crippen molar-refractivity contribution in [2.24, 2.45) is 0 Å². The molecule has 0 spiro atoms. The highest BCUT2D eigenvalue weighted by Crippen LogP contribution is 2.24. The number of nitrogens with one attached hydrogen (secondary N) is 1. The zero-order chi connectivity index (χ0) is 22.8. The van der Waals surface area contributed by atoms with Gasteiger partial charge in [0.25, 0.3) is 5.91 Å². The fourth-order valence-corrected chi connectivity index (χ4v) is 3.66. The lowest BCUT2D eigenvalue weighted by atomic mass is 10.0. The second-order valence-corrected chi connectivity index (χ2v) is 8.19. The average molecular weight is 443 g/mol. The molecule has 2 aromatic carbocycles. The maximum Gasteiger partial charge on any atom is 0.251 e. The second-order valence-electron chi connectivity index (χ2n) is 8.19. The Bertz CT molecular complexity index is 812. The summed E-state index contributed by atoms with van der Waals surface area (Å²) in [5.41, 5.74) is 1.86. The van der Waals surface area contributed by atoms with Crippen molar-refractivity contribution in [3.05, 3.63) is 71.8 Å². The summed E-state index contributed by atoms with van der Waals surface area (Å²) in [5.74, 6) is -1.88. The van der Waals surface area contributed by atoms with E-state index in [1.807, 2.05) is 60.7 Å². The fraction of sp³-hybridized carbons (Fsp3) is 0.480. The van der Waals surface area contributed by atoms with Gasteiger partial charge in [-0.3, -0.25) is 4.79 Å². The predicted octanol–water partition coefficient (Wildman–Crippen LogP) is 2.07. The van der Waals surface area contributed by atoms with E-state index >= 15 is 0 Å². The molecule has 0 bridgehead atoms. The summed E-state index contributed by atoms with van der Waals surface area (Å²) in [6.45, 7) is 4.67. The Kier molecular flexibility index (Phi) is 9.20. The minimum absolute atomic E-state index is 0.0643. The van der Waals surface area contributed by atoms with Gasteiger partial charge in [-0.25, -0.2) is 0 Å². The van der Waals surface area contributed by atoms with Crippen LogP contribution in [0.25, 0.3) is 0 Å². The van der Waals surface area contributed by atoms with Crippen molar-refractivity contribution in [1.82, 2.24) is 10.2 Å². The highest BCUT2D eigenvalue weighted by atomic mass is 16.6. The van der Waals surface area contributed by atoms with E-state index in [1.54, 1.807) is 4.90 Å². The molecular formula is C25H34N2O5. The number of carbonyl (C=O) groups is 1. The minimum atomic E-state index is -1.78. The number of amides is 1. The van der Waals surface area contributed by atoms with Gasteiger partial charge in [0.15, 0.2) is 5.79 Å². The van der Waals surface area contributed by atoms with Crippen molar-refractivity contribution < 1.29 is 24.5 Å². The summed E-state index contributed by atoms with van der Waals surface area (Å²) in [6.07, 6.45) is -1.57. The normalized spacial score (nSPS) is 18.0. The summed E-state index contributed by atoms with van der Waals surface area (Å²) in [5, 5.41) is 24.5. The molecule has 3 rings (SSSR count). The maximum absolute atomic E-state index is 13.2. The number of ether oxygens (including phenoxy) is 2. The molecule has 1 aliphatic rings. The van der Waals surface area contributed by atoms with Crippen molar-refractivity contribution in [2.75, 3.05) is 26.2 Å². The van der Waals surface area contributed by atoms with Gasteiger partial charge in [-0.15, -0.1) is 0 Å². The van der Waals surface area contributed by atoms with Crippen molar-refractivity contribution in [1.29, 1.82) is 0 Å². The number of nitrogens with zero attached hydrogens (tertiary/aromatic N) is 1. The Morgan fingerprint density at radius 3 is 2.16 bits per heavy atom. The zero-order valence-corrected chi connectivity index (χ0v) is 18.7. The molecule has 2 aromatic rings. The third-order valence-electron chi connectivity index (χ3n) is 5.75. The third-order valence-corrected chi connectivity index (χ3v) is 5.75. The SMILES string of the molecule is CC(O)C(O)(CC[C@@H](OCc1ccccc1)C(=O)N1CCNCC1)OCc1ccccc1. The maximum atomic E-state index is 13.2. The summed E-state index contributed by atoms with van der Waals surface area (Å²) >= 11 is 0. The number of piperazine rings is 1. The van der Waals surface area contributed by atoms with E-state index in [0.29, 0.717) is 19.7 Å². The van der Waals surface area contributed by atoms with E-state index < -0.39 is 18.0 Å². The first kappa shape index (κ1) is 24.4. The van der Waals surface area contributed by atoms with Gasteiger partial charge in [-0.1, -0.05) is 60.7 Å². The Hall–Kier alpha value is -2.29. The van der Waals surface area contributed by atoms with Gasteiger partial charge in [0.1, 0.15) is 12.2 Å². The molecule has 1 aliphatic heterocycles. The molecule has 3 N–H and O–H groups in total. The lowest BCUT2D eigenvalue weighted by Gasteiger charge is -2.34. The van der Waals surface area contributed by atoms with Crippen molar-refractivity contribution in [3.63, 3.8) is 0 Å². The van der Waals surface area contributed by atoms with E-state index in [4.69, 9.17) is 9.47 Å². The molecular weight excluding hydrogens is 408 g/mol. The van der Waals surface area contributed by atoms with Gasteiger partial charge < -0.3 is 29.9 Å². The molecule has 1 fully saturated rings. The van der Waals surface area contributed by atoms with Gasteiger partial charge >= 0.3 is 0 Å². The van der Waals surface area contributed by atoms with Crippen LogP contribution >= 0.6 is 0 Å². The van der Waals surface area contributed by atoms with Crippen LogP contribution in [0.2, 0.25) is 0 Å². The minimum Gasteiger partial charge on any atom is -0.388 e. The largest absolute Gasteiger partial charge is 0.388 e. The lowest BCUT2D eigenvalue weighted by molar-refractivity contribution is -0.264. The number of hydrogen-bond acceptors (Lipinski definition) is 6. The average Bonchev–Trinajstić information content (AvgIpc) is 2.84. The quantitative estimate of drug-likeness (QED) is 0.462. The third kappa shape index (κ3) is 7.12. The summed E-state index contributed by atoms with van der Waals surface area (Å²) < 4.78 is 11.8. The first-order chi connectivity index (χ1) is 15.5. The molecule has 0 radical (unpaired) electrons.